The number of aryl methyl sites for hydroxylation is 1. The van der Waals surface area contributed by atoms with Crippen LogP contribution in [0.2, 0.25) is 0 Å². The van der Waals surface area contributed by atoms with Crippen molar-refractivity contribution in [2.75, 3.05) is 12.3 Å². The van der Waals surface area contributed by atoms with Gasteiger partial charge in [0.05, 0.1) is 11.5 Å². The highest BCUT2D eigenvalue weighted by Gasteiger charge is 2.14. The van der Waals surface area contributed by atoms with Crippen LogP contribution in [0.4, 0.5) is 11.4 Å². The van der Waals surface area contributed by atoms with Gasteiger partial charge in [-0.05, 0) is 24.1 Å². The number of azide groups is 1. The maximum atomic E-state index is 10.7. The predicted molar refractivity (Wildman–Crippen MR) is 63.1 cm³/mol. The molecule has 1 rings (SSSR count). The third-order valence-electron chi connectivity index (χ3n) is 2.01. The summed E-state index contributed by atoms with van der Waals surface area (Å²) in [6, 6.07) is 2.94. The van der Waals surface area contributed by atoms with Gasteiger partial charge >= 0.3 is 0 Å². The molecule has 0 saturated heterocycles. The second-order valence-electron chi connectivity index (χ2n) is 3.17. The fourth-order valence-electron chi connectivity index (χ4n) is 1.21. The molecule has 0 fully saturated rings. The summed E-state index contributed by atoms with van der Waals surface area (Å²) in [7, 11) is 0. The van der Waals surface area contributed by atoms with Gasteiger partial charge in [-0.2, -0.15) is 0 Å². The molecule has 0 unspecified atom stereocenters. The summed E-state index contributed by atoms with van der Waals surface area (Å²) >= 11 is 0. The van der Waals surface area contributed by atoms with Crippen molar-refractivity contribution in [2.45, 2.75) is 6.92 Å². The van der Waals surface area contributed by atoms with Crippen molar-refractivity contribution < 1.29 is 4.92 Å². The Morgan fingerprint density at radius 1 is 1.65 bits per heavy atom. The van der Waals surface area contributed by atoms with Crippen LogP contribution in [0.5, 0.6) is 0 Å². The zero-order chi connectivity index (χ0) is 12.8. The van der Waals surface area contributed by atoms with Gasteiger partial charge in [0.25, 0.3) is 5.69 Å². The zero-order valence-corrected chi connectivity index (χ0v) is 9.04. The summed E-state index contributed by atoms with van der Waals surface area (Å²) in [5, 5.41) is 13.9. The number of hydrogen-bond donors (Lipinski definition) is 1. The van der Waals surface area contributed by atoms with E-state index in [2.05, 4.69) is 21.9 Å². The molecule has 0 amide bonds. The van der Waals surface area contributed by atoms with Crippen LogP contribution in [0.1, 0.15) is 11.1 Å². The van der Waals surface area contributed by atoms with E-state index in [4.69, 9.17) is 11.3 Å². The number of nitrogens with zero attached hydrogens (tertiary/aromatic N) is 4. The molecule has 0 radical (unpaired) electrons. The molecule has 2 N–H and O–H groups in total. The number of benzene rings is 1. The number of nitrogens with two attached hydrogens (primary N) is 1. The molecule has 0 spiro atoms. The number of anilines is 1. The third-order valence-corrected chi connectivity index (χ3v) is 2.01. The van der Waals surface area contributed by atoms with Crippen LogP contribution in [0, 0.1) is 28.9 Å². The summed E-state index contributed by atoms with van der Waals surface area (Å²) in [4.78, 5) is 12.7. The molecule has 0 aliphatic heterocycles. The van der Waals surface area contributed by atoms with Crippen LogP contribution in [0.3, 0.4) is 0 Å². The number of nitrogen functional groups attached to an aromatic ring is 1. The second kappa shape index (κ2) is 5.39. The maximum absolute atomic E-state index is 10.7. The molecular formula is C10H9N5O2. The van der Waals surface area contributed by atoms with Gasteiger partial charge in [0.2, 0.25) is 0 Å². The average molecular weight is 231 g/mol. The van der Waals surface area contributed by atoms with Gasteiger partial charge in [0.15, 0.2) is 0 Å². The molecule has 17 heavy (non-hydrogen) atoms. The lowest BCUT2D eigenvalue weighted by atomic mass is 10.1. The first-order valence-corrected chi connectivity index (χ1v) is 4.60. The normalized spacial score (nSPS) is 8.76. The number of nitro groups is 1. The molecule has 0 heterocycles. The van der Waals surface area contributed by atoms with Gasteiger partial charge in [-0.3, -0.25) is 10.1 Å². The minimum Gasteiger partial charge on any atom is -0.393 e. The largest absolute Gasteiger partial charge is 0.393 e. The maximum Gasteiger partial charge on any atom is 0.293 e. The van der Waals surface area contributed by atoms with E-state index in [1.165, 1.54) is 6.07 Å². The van der Waals surface area contributed by atoms with Crippen LogP contribution in [0.25, 0.3) is 10.4 Å². The Morgan fingerprint density at radius 3 is 2.94 bits per heavy atom. The Hall–Kier alpha value is -2.71. The molecule has 0 bridgehead atoms. The van der Waals surface area contributed by atoms with Gasteiger partial charge in [-0.15, -0.1) is 0 Å². The lowest BCUT2D eigenvalue weighted by Crippen LogP contribution is -1.98. The Morgan fingerprint density at radius 2 is 2.35 bits per heavy atom. The van der Waals surface area contributed by atoms with Crippen molar-refractivity contribution in [1.82, 2.24) is 0 Å². The number of rotatable bonds is 2. The molecule has 0 aliphatic carbocycles. The van der Waals surface area contributed by atoms with Crippen molar-refractivity contribution in [3.8, 4) is 11.8 Å². The summed E-state index contributed by atoms with van der Waals surface area (Å²) in [6.45, 7) is 1.69. The van der Waals surface area contributed by atoms with Crippen molar-refractivity contribution in [1.29, 1.82) is 0 Å². The van der Waals surface area contributed by atoms with Crippen LogP contribution in [-0.2, 0) is 0 Å². The number of hydrogen-bond acceptors (Lipinski definition) is 4. The quantitative estimate of drug-likeness (QED) is 0.160. The molecule has 1 aromatic carbocycles. The van der Waals surface area contributed by atoms with E-state index in [1.54, 1.807) is 13.0 Å². The molecule has 0 saturated carbocycles. The Labute approximate surface area is 97.0 Å². The van der Waals surface area contributed by atoms with E-state index in [0.29, 0.717) is 11.1 Å². The third kappa shape index (κ3) is 3.12. The molecule has 7 nitrogen and oxygen atoms in total. The summed E-state index contributed by atoms with van der Waals surface area (Å²) in [6.07, 6.45) is 0. The van der Waals surface area contributed by atoms with Crippen LogP contribution in [-0.4, -0.2) is 11.5 Å². The molecular weight excluding hydrogens is 222 g/mol. The molecule has 1 aromatic rings. The second-order valence-corrected chi connectivity index (χ2v) is 3.17. The molecule has 0 aliphatic rings. The average Bonchev–Trinajstić information content (AvgIpc) is 2.28. The molecule has 86 valence electrons. The van der Waals surface area contributed by atoms with Crippen molar-refractivity contribution in [3.63, 3.8) is 0 Å². The zero-order valence-electron chi connectivity index (χ0n) is 9.04. The highest BCUT2D eigenvalue weighted by atomic mass is 16.6. The highest BCUT2D eigenvalue weighted by Crippen LogP contribution is 2.26. The smallest absolute Gasteiger partial charge is 0.293 e. The van der Waals surface area contributed by atoms with Gasteiger partial charge < -0.3 is 5.73 Å². The lowest BCUT2D eigenvalue weighted by Gasteiger charge is -2.01. The SMILES string of the molecule is Cc1cc(C#CCN=[N+]=[N-])cc([N+](=O)[O-])c1N. The van der Waals surface area contributed by atoms with E-state index in [-0.39, 0.29) is 17.9 Å². The van der Waals surface area contributed by atoms with Crippen LogP contribution < -0.4 is 5.73 Å². The predicted octanol–water partition coefficient (Wildman–Crippen LogP) is 2.15. The van der Waals surface area contributed by atoms with Crippen molar-refractivity contribution in [3.05, 3.63) is 43.8 Å². The van der Waals surface area contributed by atoms with Crippen LogP contribution in [0.15, 0.2) is 17.2 Å². The van der Waals surface area contributed by atoms with Gasteiger partial charge in [-0.25, -0.2) is 0 Å². The Bertz CT molecular complexity index is 564. The fraction of sp³-hybridized carbons (Fsp3) is 0.200. The van der Waals surface area contributed by atoms with Crippen molar-refractivity contribution in [2.24, 2.45) is 5.11 Å². The monoisotopic (exact) mass is 231 g/mol. The van der Waals surface area contributed by atoms with E-state index in [1.807, 2.05) is 0 Å². The first-order valence-electron chi connectivity index (χ1n) is 4.60. The summed E-state index contributed by atoms with van der Waals surface area (Å²) in [5.74, 6) is 5.25. The molecule has 0 aromatic heterocycles. The van der Waals surface area contributed by atoms with E-state index >= 15 is 0 Å². The molecule has 0 atom stereocenters. The van der Waals surface area contributed by atoms with Gasteiger partial charge in [0.1, 0.15) is 5.69 Å². The minimum atomic E-state index is -0.555. The topological polar surface area (TPSA) is 118 Å². The first kappa shape index (κ1) is 12.4. The number of nitro benzene ring substituents is 1. The Balaban J connectivity index is 3.13. The Kier molecular flexibility index (Phi) is 3.92. The standard InChI is InChI=1S/C10H9N5O2/c1-7-5-8(3-2-4-13-14-12)6-9(10(7)11)15(16)17/h5-6H,4,11H2,1H3. The van der Waals surface area contributed by atoms with E-state index in [9.17, 15) is 10.1 Å². The van der Waals surface area contributed by atoms with E-state index < -0.39 is 4.92 Å². The summed E-state index contributed by atoms with van der Waals surface area (Å²) < 4.78 is 0. The van der Waals surface area contributed by atoms with Gasteiger partial charge in [-0.1, -0.05) is 17.0 Å². The minimum absolute atomic E-state index is 0.0215. The fourth-order valence-corrected chi connectivity index (χ4v) is 1.21. The van der Waals surface area contributed by atoms with Crippen molar-refractivity contribution >= 4 is 11.4 Å². The van der Waals surface area contributed by atoms with E-state index in [0.717, 1.165) is 0 Å². The summed E-state index contributed by atoms with van der Waals surface area (Å²) in [5.41, 5.74) is 14.6. The first-order chi connectivity index (χ1) is 8.06. The van der Waals surface area contributed by atoms with Crippen LogP contribution >= 0.6 is 0 Å². The highest BCUT2D eigenvalue weighted by molar-refractivity contribution is 5.66. The lowest BCUT2D eigenvalue weighted by molar-refractivity contribution is -0.383. The molecule has 7 heteroatoms. The van der Waals surface area contributed by atoms with Gasteiger partial charge in [0, 0.05) is 16.5 Å².